The van der Waals surface area contributed by atoms with Crippen LogP contribution in [0.2, 0.25) is 0 Å². The number of aromatic hydroxyl groups is 1. The smallest absolute Gasteiger partial charge is 0.232 e. The summed E-state index contributed by atoms with van der Waals surface area (Å²) >= 11 is 0. The Morgan fingerprint density at radius 1 is 1.04 bits per heavy atom. The van der Waals surface area contributed by atoms with E-state index in [1.54, 1.807) is 0 Å². The van der Waals surface area contributed by atoms with Crippen LogP contribution in [-0.2, 0) is 0 Å². The Morgan fingerprint density at radius 3 is 2.61 bits per heavy atom. The Morgan fingerprint density at radius 2 is 1.83 bits per heavy atom. The number of imidazole rings is 1. The summed E-state index contributed by atoms with van der Waals surface area (Å²) in [6, 6.07) is 15.7. The molecule has 114 valence electrons. The summed E-state index contributed by atoms with van der Waals surface area (Å²) in [6.07, 6.45) is 0. The summed E-state index contributed by atoms with van der Waals surface area (Å²) < 4.78 is 1.45. The maximum atomic E-state index is 10.6. The molecule has 2 aromatic heterocycles. The molecule has 0 saturated heterocycles. The standard InChI is InChI=1S/C18H16N4O/c1-11-8-9-14-15(10-11)20-18(19-14)22-17(23)16(12(2)21-22)13-6-4-3-5-7-13/h3-10,23H,1-2H3,(H,19,20). The second kappa shape index (κ2) is 4.98. The van der Waals surface area contributed by atoms with Crippen LogP contribution in [0.5, 0.6) is 5.88 Å². The first kappa shape index (κ1) is 13.6. The fourth-order valence-electron chi connectivity index (χ4n) is 2.81. The highest BCUT2D eigenvalue weighted by molar-refractivity contribution is 5.77. The zero-order valence-corrected chi connectivity index (χ0v) is 12.9. The molecule has 0 unspecified atom stereocenters. The Labute approximate surface area is 133 Å². The molecule has 0 aliphatic heterocycles. The zero-order chi connectivity index (χ0) is 16.0. The third kappa shape index (κ3) is 2.17. The lowest BCUT2D eigenvalue weighted by Crippen LogP contribution is -1.98. The van der Waals surface area contributed by atoms with E-state index < -0.39 is 0 Å². The molecule has 5 nitrogen and oxygen atoms in total. The number of aryl methyl sites for hydroxylation is 2. The van der Waals surface area contributed by atoms with Gasteiger partial charge in [0.1, 0.15) is 0 Å². The molecule has 0 atom stereocenters. The maximum absolute atomic E-state index is 10.6. The number of rotatable bonds is 2. The molecule has 0 radical (unpaired) electrons. The summed E-state index contributed by atoms with van der Waals surface area (Å²) in [5, 5.41) is 15.1. The number of aromatic amines is 1. The molecule has 2 N–H and O–H groups in total. The average molecular weight is 304 g/mol. The lowest BCUT2D eigenvalue weighted by atomic mass is 10.1. The van der Waals surface area contributed by atoms with Crippen molar-refractivity contribution in [3.05, 3.63) is 59.8 Å². The molecule has 2 aromatic carbocycles. The topological polar surface area (TPSA) is 66.7 Å². The minimum absolute atomic E-state index is 0.0875. The molecule has 4 aromatic rings. The summed E-state index contributed by atoms with van der Waals surface area (Å²) in [6.45, 7) is 3.90. The van der Waals surface area contributed by atoms with E-state index >= 15 is 0 Å². The van der Waals surface area contributed by atoms with Crippen molar-refractivity contribution < 1.29 is 5.11 Å². The number of benzene rings is 2. The van der Waals surface area contributed by atoms with E-state index in [9.17, 15) is 5.11 Å². The van der Waals surface area contributed by atoms with Crippen LogP contribution in [0.25, 0.3) is 28.1 Å². The van der Waals surface area contributed by atoms with Crippen molar-refractivity contribution in [2.45, 2.75) is 13.8 Å². The van der Waals surface area contributed by atoms with Crippen molar-refractivity contribution in [2.75, 3.05) is 0 Å². The molecular formula is C18H16N4O. The maximum Gasteiger partial charge on any atom is 0.232 e. The fraction of sp³-hybridized carbons (Fsp3) is 0.111. The van der Waals surface area contributed by atoms with Gasteiger partial charge in [-0.25, -0.2) is 4.98 Å². The monoisotopic (exact) mass is 304 g/mol. The largest absolute Gasteiger partial charge is 0.493 e. The van der Waals surface area contributed by atoms with Crippen molar-refractivity contribution in [3.8, 4) is 23.0 Å². The third-order valence-electron chi connectivity index (χ3n) is 3.93. The summed E-state index contributed by atoms with van der Waals surface area (Å²) in [5.41, 5.74) is 5.32. The van der Waals surface area contributed by atoms with Gasteiger partial charge in [-0.3, -0.25) is 0 Å². The number of fused-ring (bicyclic) bond motifs is 1. The molecule has 5 heteroatoms. The van der Waals surface area contributed by atoms with Gasteiger partial charge in [0.2, 0.25) is 11.8 Å². The van der Waals surface area contributed by atoms with Gasteiger partial charge in [-0.2, -0.15) is 9.78 Å². The summed E-state index contributed by atoms with van der Waals surface area (Å²) in [4.78, 5) is 7.74. The van der Waals surface area contributed by atoms with Crippen molar-refractivity contribution in [3.63, 3.8) is 0 Å². The molecule has 0 aliphatic carbocycles. The second-order valence-electron chi connectivity index (χ2n) is 5.64. The number of nitrogens with zero attached hydrogens (tertiary/aromatic N) is 3. The normalized spacial score (nSPS) is 11.2. The van der Waals surface area contributed by atoms with E-state index in [-0.39, 0.29) is 5.88 Å². The van der Waals surface area contributed by atoms with Gasteiger partial charge in [-0.1, -0.05) is 36.4 Å². The molecule has 0 saturated carbocycles. The van der Waals surface area contributed by atoms with E-state index in [0.717, 1.165) is 33.4 Å². The first-order valence-electron chi connectivity index (χ1n) is 7.44. The quantitative estimate of drug-likeness (QED) is 0.593. The lowest BCUT2D eigenvalue weighted by molar-refractivity contribution is 0.432. The van der Waals surface area contributed by atoms with Gasteiger partial charge in [-0.05, 0) is 37.1 Å². The van der Waals surface area contributed by atoms with Crippen LogP contribution in [0.4, 0.5) is 0 Å². The van der Waals surface area contributed by atoms with Crippen LogP contribution >= 0.6 is 0 Å². The average Bonchev–Trinajstić information content (AvgIpc) is 3.08. The van der Waals surface area contributed by atoms with Crippen molar-refractivity contribution >= 4 is 11.0 Å². The van der Waals surface area contributed by atoms with Gasteiger partial charge in [0.05, 0.1) is 22.3 Å². The summed E-state index contributed by atoms with van der Waals surface area (Å²) in [5.74, 6) is 0.595. The molecule has 0 fully saturated rings. The van der Waals surface area contributed by atoms with Gasteiger partial charge in [0.25, 0.3) is 0 Å². The minimum atomic E-state index is 0.0875. The number of H-pyrrole nitrogens is 1. The molecule has 0 bridgehead atoms. The molecule has 0 amide bonds. The number of aromatic nitrogens is 4. The van der Waals surface area contributed by atoms with Crippen molar-refractivity contribution in [1.82, 2.24) is 19.7 Å². The second-order valence-corrected chi connectivity index (χ2v) is 5.64. The van der Waals surface area contributed by atoms with Crippen molar-refractivity contribution in [1.29, 1.82) is 0 Å². The zero-order valence-electron chi connectivity index (χ0n) is 12.9. The Bertz CT molecular complexity index is 999. The highest BCUT2D eigenvalue weighted by Gasteiger charge is 2.19. The Balaban J connectivity index is 1.89. The van der Waals surface area contributed by atoms with Crippen LogP contribution in [0.15, 0.2) is 48.5 Å². The van der Waals surface area contributed by atoms with Crippen molar-refractivity contribution in [2.24, 2.45) is 0 Å². The van der Waals surface area contributed by atoms with Gasteiger partial charge in [0.15, 0.2) is 0 Å². The molecular weight excluding hydrogens is 288 g/mol. The fourth-order valence-corrected chi connectivity index (χ4v) is 2.81. The van der Waals surface area contributed by atoms with E-state index in [1.165, 1.54) is 4.68 Å². The van der Waals surface area contributed by atoms with Crippen LogP contribution < -0.4 is 0 Å². The van der Waals surface area contributed by atoms with Gasteiger partial charge < -0.3 is 10.1 Å². The molecule has 23 heavy (non-hydrogen) atoms. The third-order valence-corrected chi connectivity index (χ3v) is 3.93. The van der Waals surface area contributed by atoms with Gasteiger partial charge in [-0.15, -0.1) is 0 Å². The van der Waals surface area contributed by atoms with Crippen LogP contribution in [-0.4, -0.2) is 24.9 Å². The molecule has 2 heterocycles. The SMILES string of the molecule is Cc1ccc2[nH]c(-n3nc(C)c(-c4ccccc4)c3O)nc2c1. The molecule has 0 spiro atoms. The predicted octanol–water partition coefficient (Wildman–Crippen LogP) is 3.74. The molecule has 4 rings (SSSR count). The predicted molar refractivity (Wildman–Crippen MR) is 89.8 cm³/mol. The first-order chi connectivity index (χ1) is 11.1. The Hall–Kier alpha value is -3.08. The van der Waals surface area contributed by atoms with E-state index in [0.29, 0.717) is 5.95 Å². The Kier molecular flexibility index (Phi) is 2.94. The van der Waals surface area contributed by atoms with E-state index in [1.807, 2.05) is 62.4 Å². The number of nitrogens with one attached hydrogen (secondary N) is 1. The van der Waals surface area contributed by atoms with Crippen LogP contribution in [0.3, 0.4) is 0 Å². The number of hydrogen-bond donors (Lipinski definition) is 2. The van der Waals surface area contributed by atoms with Gasteiger partial charge in [0, 0.05) is 0 Å². The highest BCUT2D eigenvalue weighted by atomic mass is 16.3. The van der Waals surface area contributed by atoms with E-state index in [4.69, 9.17) is 0 Å². The highest BCUT2D eigenvalue weighted by Crippen LogP contribution is 2.33. The van der Waals surface area contributed by atoms with Crippen LogP contribution in [0, 0.1) is 13.8 Å². The summed E-state index contributed by atoms with van der Waals surface area (Å²) in [7, 11) is 0. The van der Waals surface area contributed by atoms with Crippen LogP contribution in [0.1, 0.15) is 11.3 Å². The van der Waals surface area contributed by atoms with E-state index in [2.05, 4.69) is 15.1 Å². The minimum Gasteiger partial charge on any atom is -0.493 e. The molecule has 0 aliphatic rings. The van der Waals surface area contributed by atoms with Gasteiger partial charge >= 0.3 is 0 Å². The number of hydrogen-bond acceptors (Lipinski definition) is 3. The lowest BCUT2D eigenvalue weighted by Gasteiger charge is -2.01. The first-order valence-corrected chi connectivity index (χ1v) is 7.44.